The zero-order valence-corrected chi connectivity index (χ0v) is 10.1. The standard InChI is InChI=1S/C11H12BrFO3/c12-8-2-1-7(3-9(8)13)4-16-11-6-15-5-10(11)14/h1-3,10-11,14H,4-6H2/t10-,11-/m1/s1. The summed E-state index contributed by atoms with van der Waals surface area (Å²) in [5.74, 6) is -0.315. The molecule has 88 valence electrons. The molecule has 5 heteroatoms. The van der Waals surface area contributed by atoms with Gasteiger partial charge in [-0.05, 0) is 33.6 Å². The summed E-state index contributed by atoms with van der Waals surface area (Å²) < 4.78 is 24.1. The van der Waals surface area contributed by atoms with E-state index < -0.39 is 6.10 Å². The van der Waals surface area contributed by atoms with Gasteiger partial charge in [-0.3, -0.25) is 0 Å². The van der Waals surface area contributed by atoms with Gasteiger partial charge in [-0.25, -0.2) is 4.39 Å². The summed E-state index contributed by atoms with van der Waals surface area (Å²) in [5.41, 5.74) is 0.736. The predicted octanol–water partition coefficient (Wildman–Crippen LogP) is 1.86. The van der Waals surface area contributed by atoms with Crippen LogP contribution in [0.5, 0.6) is 0 Å². The molecule has 1 aromatic rings. The first-order valence-electron chi connectivity index (χ1n) is 4.98. The van der Waals surface area contributed by atoms with E-state index in [1.54, 1.807) is 12.1 Å². The van der Waals surface area contributed by atoms with Crippen molar-refractivity contribution in [2.75, 3.05) is 13.2 Å². The van der Waals surface area contributed by atoms with Crippen LogP contribution in [-0.2, 0) is 16.1 Å². The average Bonchev–Trinajstić information content (AvgIpc) is 2.66. The summed E-state index contributed by atoms with van der Waals surface area (Å²) in [6.07, 6.45) is -0.896. The lowest BCUT2D eigenvalue weighted by Crippen LogP contribution is -2.26. The van der Waals surface area contributed by atoms with Crippen LogP contribution >= 0.6 is 15.9 Å². The maximum atomic E-state index is 13.2. The molecule has 0 spiro atoms. The fraction of sp³-hybridized carbons (Fsp3) is 0.455. The molecule has 1 saturated heterocycles. The van der Waals surface area contributed by atoms with E-state index in [1.165, 1.54) is 6.07 Å². The molecule has 2 atom stereocenters. The van der Waals surface area contributed by atoms with Gasteiger partial charge in [0, 0.05) is 0 Å². The number of hydrogen-bond donors (Lipinski definition) is 1. The number of halogens is 2. The topological polar surface area (TPSA) is 38.7 Å². The number of aliphatic hydroxyl groups excluding tert-OH is 1. The Hall–Kier alpha value is -0.490. The normalized spacial score (nSPS) is 24.9. The fourth-order valence-corrected chi connectivity index (χ4v) is 1.76. The van der Waals surface area contributed by atoms with E-state index in [2.05, 4.69) is 15.9 Å². The van der Waals surface area contributed by atoms with Crippen molar-refractivity contribution in [3.8, 4) is 0 Å². The molecule has 0 amide bonds. The largest absolute Gasteiger partial charge is 0.388 e. The molecule has 2 rings (SSSR count). The van der Waals surface area contributed by atoms with Gasteiger partial charge in [-0.2, -0.15) is 0 Å². The van der Waals surface area contributed by atoms with Crippen LogP contribution in [0.2, 0.25) is 0 Å². The monoisotopic (exact) mass is 290 g/mol. The zero-order chi connectivity index (χ0) is 11.5. The number of benzene rings is 1. The van der Waals surface area contributed by atoms with Gasteiger partial charge in [0.1, 0.15) is 18.0 Å². The van der Waals surface area contributed by atoms with Crippen molar-refractivity contribution in [2.45, 2.75) is 18.8 Å². The first-order chi connectivity index (χ1) is 7.66. The van der Waals surface area contributed by atoms with Crippen LogP contribution in [0.3, 0.4) is 0 Å². The molecule has 1 N–H and O–H groups in total. The Bertz CT molecular complexity index is 372. The molecule has 1 heterocycles. The van der Waals surface area contributed by atoms with E-state index >= 15 is 0 Å². The third-order valence-electron chi connectivity index (χ3n) is 2.45. The average molecular weight is 291 g/mol. The molecular weight excluding hydrogens is 279 g/mol. The van der Waals surface area contributed by atoms with Gasteiger partial charge < -0.3 is 14.6 Å². The fourth-order valence-electron chi connectivity index (χ4n) is 1.52. The number of hydrogen-bond acceptors (Lipinski definition) is 3. The van der Waals surface area contributed by atoms with Gasteiger partial charge in [0.05, 0.1) is 24.3 Å². The highest BCUT2D eigenvalue weighted by atomic mass is 79.9. The van der Waals surface area contributed by atoms with E-state index in [-0.39, 0.29) is 18.5 Å². The van der Waals surface area contributed by atoms with Crippen molar-refractivity contribution < 1.29 is 19.0 Å². The van der Waals surface area contributed by atoms with Crippen LogP contribution in [0.1, 0.15) is 5.56 Å². The highest BCUT2D eigenvalue weighted by molar-refractivity contribution is 9.10. The smallest absolute Gasteiger partial charge is 0.137 e. The van der Waals surface area contributed by atoms with Crippen LogP contribution in [0.15, 0.2) is 22.7 Å². The Morgan fingerprint density at radius 2 is 2.31 bits per heavy atom. The molecule has 1 aromatic carbocycles. The molecule has 0 aromatic heterocycles. The Morgan fingerprint density at radius 3 is 2.94 bits per heavy atom. The van der Waals surface area contributed by atoms with Crippen molar-refractivity contribution in [2.24, 2.45) is 0 Å². The third-order valence-corrected chi connectivity index (χ3v) is 3.09. The Labute approximate surface area is 101 Å². The van der Waals surface area contributed by atoms with Gasteiger partial charge in [0.25, 0.3) is 0 Å². The van der Waals surface area contributed by atoms with Crippen LogP contribution in [0.4, 0.5) is 4.39 Å². The van der Waals surface area contributed by atoms with Crippen molar-refractivity contribution >= 4 is 15.9 Å². The first kappa shape index (κ1) is 12.0. The van der Waals surface area contributed by atoms with Crippen molar-refractivity contribution in [3.05, 3.63) is 34.1 Å². The molecule has 1 aliphatic rings. The van der Waals surface area contributed by atoms with Crippen LogP contribution < -0.4 is 0 Å². The first-order valence-corrected chi connectivity index (χ1v) is 5.77. The second-order valence-corrected chi connectivity index (χ2v) is 4.56. The van der Waals surface area contributed by atoms with Gasteiger partial charge >= 0.3 is 0 Å². The van der Waals surface area contributed by atoms with Crippen molar-refractivity contribution in [1.82, 2.24) is 0 Å². The Kier molecular flexibility index (Phi) is 3.91. The summed E-state index contributed by atoms with van der Waals surface area (Å²) in [6, 6.07) is 4.82. The van der Waals surface area contributed by atoms with Gasteiger partial charge in [0.15, 0.2) is 0 Å². The number of ether oxygens (including phenoxy) is 2. The summed E-state index contributed by atoms with van der Waals surface area (Å²) in [6.45, 7) is 0.967. The molecule has 16 heavy (non-hydrogen) atoms. The van der Waals surface area contributed by atoms with Crippen LogP contribution in [0.25, 0.3) is 0 Å². The summed E-state index contributed by atoms with van der Waals surface area (Å²) in [7, 11) is 0. The quantitative estimate of drug-likeness (QED) is 0.924. The molecule has 0 saturated carbocycles. The molecule has 1 aliphatic heterocycles. The van der Waals surface area contributed by atoms with Gasteiger partial charge in [-0.1, -0.05) is 6.07 Å². The Balaban J connectivity index is 1.91. The minimum Gasteiger partial charge on any atom is -0.388 e. The second kappa shape index (κ2) is 5.23. The summed E-state index contributed by atoms with van der Waals surface area (Å²) in [4.78, 5) is 0. The molecule has 1 fully saturated rings. The van der Waals surface area contributed by atoms with Crippen LogP contribution in [-0.4, -0.2) is 30.5 Å². The molecule has 0 aliphatic carbocycles. The van der Waals surface area contributed by atoms with Gasteiger partial charge in [-0.15, -0.1) is 0 Å². The molecule has 0 radical (unpaired) electrons. The van der Waals surface area contributed by atoms with E-state index in [4.69, 9.17) is 9.47 Å². The minimum atomic E-state index is -0.583. The maximum absolute atomic E-state index is 13.2. The van der Waals surface area contributed by atoms with E-state index in [1.807, 2.05) is 0 Å². The maximum Gasteiger partial charge on any atom is 0.137 e. The van der Waals surface area contributed by atoms with E-state index in [0.29, 0.717) is 17.7 Å². The number of aliphatic hydroxyl groups is 1. The molecular formula is C11H12BrFO3. The third kappa shape index (κ3) is 2.79. The van der Waals surface area contributed by atoms with E-state index in [9.17, 15) is 9.50 Å². The zero-order valence-electron chi connectivity index (χ0n) is 8.53. The minimum absolute atomic E-state index is 0.273. The lowest BCUT2D eigenvalue weighted by atomic mass is 10.2. The number of rotatable bonds is 3. The van der Waals surface area contributed by atoms with E-state index in [0.717, 1.165) is 5.56 Å². The van der Waals surface area contributed by atoms with Crippen LogP contribution in [0, 0.1) is 5.82 Å². The summed E-state index contributed by atoms with van der Waals surface area (Å²) in [5, 5.41) is 9.43. The lowest BCUT2D eigenvalue weighted by molar-refractivity contribution is -0.0188. The predicted molar refractivity (Wildman–Crippen MR) is 59.5 cm³/mol. The SMILES string of the molecule is O[C@@H]1COC[C@H]1OCc1ccc(Br)c(F)c1. The Morgan fingerprint density at radius 1 is 1.50 bits per heavy atom. The van der Waals surface area contributed by atoms with Gasteiger partial charge in [0.2, 0.25) is 0 Å². The van der Waals surface area contributed by atoms with Crippen molar-refractivity contribution in [3.63, 3.8) is 0 Å². The lowest BCUT2D eigenvalue weighted by Gasteiger charge is -2.13. The summed E-state index contributed by atoms with van der Waals surface area (Å²) >= 11 is 3.08. The molecule has 3 nitrogen and oxygen atoms in total. The molecule has 0 unspecified atom stereocenters. The molecule has 0 bridgehead atoms. The highest BCUT2D eigenvalue weighted by Gasteiger charge is 2.26. The highest BCUT2D eigenvalue weighted by Crippen LogP contribution is 2.18. The second-order valence-electron chi connectivity index (χ2n) is 3.70. The van der Waals surface area contributed by atoms with Crippen molar-refractivity contribution in [1.29, 1.82) is 0 Å².